The van der Waals surface area contributed by atoms with Gasteiger partial charge in [-0.1, -0.05) is 24.4 Å². The molecule has 0 aromatic carbocycles. The zero-order chi connectivity index (χ0) is 12.4. The number of nitrogens with zero attached hydrogens (tertiary/aromatic N) is 2. The van der Waals surface area contributed by atoms with Crippen LogP contribution in [0.15, 0.2) is 12.3 Å². The molecule has 1 aliphatic carbocycles. The highest BCUT2D eigenvalue weighted by atomic mass is 35.5. The number of carbonyl (C=O) groups is 1. The van der Waals surface area contributed by atoms with Crippen molar-refractivity contribution < 1.29 is 4.79 Å². The SMILES string of the molecule is CN(C(=O)c1cnc(N)c(Cl)c1)C1CCCC1. The van der Waals surface area contributed by atoms with E-state index in [4.69, 9.17) is 17.3 Å². The van der Waals surface area contributed by atoms with E-state index in [0.717, 1.165) is 12.8 Å². The van der Waals surface area contributed by atoms with Gasteiger partial charge in [0.1, 0.15) is 5.82 Å². The first-order chi connectivity index (χ1) is 8.09. The Morgan fingerprint density at radius 1 is 1.53 bits per heavy atom. The van der Waals surface area contributed by atoms with Crippen molar-refractivity contribution in [1.82, 2.24) is 9.88 Å². The van der Waals surface area contributed by atoms with Gasteiger partial charge in [-0.15, -0.1) is 0 Å². The maximum Gasteiger partial charge on any atom is 0.255 e. The van der Waals surface area contributed by atoms with E-state index >= 15 is 0 Å². The molecule has 1 aromatic heterocycles. The summed E-state index contributed by atoms with van der Waals surface area (Å²) < 4.78 is 0. The summed E-state index contributed by atoms with van der Waals surface area (Å²) in [5.41, 5.74) is 6.02. The molecule has 2 N–H and O–H groups in total. The topological polar surface area (TPSA) is 59.2 Å². The van der Waals surface area contributed by atoms with Crippen molar-refractivity contribution in [1.29, 1.82) is 0 Å². The van der Waals surface area contributed by atoms with Crippen LogP contribution in [0.25, 0.3) is 0 Å². The van der Waals surface area contributed by atoms with Gasteiger partial charge < -0.3 is 10.6 Å². The summed E-state index contributed by atoms with van der Waals surface area (Å²) >= 11 is 5.86. The molecule has 0 atom stereocenters. The third kappa shape index (κ3) is 2.52. The molecule has 1 aliphatic rings. The number of aromatic nitrogens is 1. The number of nitrogen functional groups attached to an aromatic ring is 1. The zero-order valence-electron chi connectivity index (χ0n) is 9.82. The van der Waals surface area contributed by atoms with E-state index in [-0.39, 0.29) is 11.7 Å². The fourth-order valence-electron chi connectivity index (χ4n) is 2.23. The molecule has 0 radical (unpaired) electrons. The Balaban J connectivity index is 2.15. The van der Waals surface area contributed by atoms with Gasteiger partial charge in [-0.3, -0.25) is 4.79 Å². The lowest BCUT2D eigenvalue weighted by Gasteiger charge is -2.24. The van der Waals surface area contributed by atoms with Crippen molar-refractivity contribution in [3.63, 3.8) is 0 Å². The summed E-state index contributed by atoms with van der Waals surface area (Å²) in [5, 5.41) is 0.329. The molecule has 92 valence electrons. The summed E-state index contributed by atoms with van der Waals surface area (Å²) in [6, 6.07) is 1.93. The second-order valence-corrected chi connectivity index (χ2v) is 4.85. The second-order valence-electron chi connectivity index (χ2n) is 4.45. The predicted molar refractivity (Wildman–Crippen MR) is 68.0 cm³/mol. The van der Waals surface area contributed by atoms with Crippen LogP contribution < -0.4 is 5.73 Å². The van der Waals surface area contributed by atoms with E-state index < -0.39 is 0 Å². The van der Waals surface area contributed by atoms with E-state index in [2.05, 4.69) is 4.98 Å². The smallest absolute Gasteiger partial charge is 0.255 e. The van der Waals surface area contributed by atoms with Gasteiger partial charge in [0.25, 0.3) is 5.91 Å². The number of amides is 1. The van der Waals surface area contributed by atoms with Crippen LogP contribution in [-0.2, 0) is 0 Å². The molecular formula is C12H16ClN3O. The Morgan fingerprint density at radius 2 is 2.18 bits per heavy atom. The molecule has 1 saturated carbocycles. The van der Waals surface area contributed by atoms with Crippen LogP contribution in [0.5, 0.6) is 0 Å². The fourth-order valence-corrected chi connectivity index (χ4v) is 2.39. The third-order valence-electron chi connectivity index (χ3n) is 3.31. The monoisotopic (exact) mass is 253 g/mol. The van der Waals surface area contributed by atoms with Crippen molar-refractivity contribution in [3.8, 4) is 0 Å². The van der Waals surface area contributed by atoms with Crippen LogP contribution in [0.4, 0.5) is 5.82 Å². The van der Waals surface area contributed by atoms with Gasteiger partial charge in [-0.25, -0.2) is 4.98 Å². The van der Waals surface area contributed by atoms with Crippen molar-refractivity contribution in [2.45, 2.75) is 31.7 Å². The lowest BCUT2D eigenvalue weighted by atomic mass is 10.2. The maximum atomic E-state index is 12.2. The van der Waals surface area contributed by atoms with E-state index in [1.165, 1.54) is 19.0 Å². The minimum atomic E-state index is -0.0358. The van der Waals surface area contributed by atoms with Gasteiger partial charge in [0, 0.05) is 19.3 Å². The Labute approximate surface area is 106 Å². The summed E-state index contributed by atoms with van der Waals surface area (Å²) in [4.78, 5) is 17.9. The molecule has 2 rings (SSSR count). The average molecular weight is 254 g/mol. The maximum absolute atomic E-state index is 12.2. The molecule has 1 fully saturated rings. The Bertz CT molecular complexity index is 430. The summed E-state index contributed by atoms with van der Waals surface area (Å²) in [6.45, 7) is 0. The van der Waals surface area contributed by atoms with Gasteiger partial charge in [0.05, 0.1) is 10.6 Å². The lowest BCUT2D eigenvalue weighted by Crippen LogP contribution is -2.35. The van der Waals surface area contributed by atoms with Gasteiger partial charge in [-0.05, 0) is 18.9 Å². The van der Waals surface area contributed by atoms with Crippen LogP contribution in [-0.4, -0.2) is 28.9 Å². The van der Waals surface area contributed by atoms with Crippen LogP contribution in [0.1, 0.15) is 36.0 Å². The Morgan fingerprint density at radius 3 is 2.76 bits per heavy atom. The van der Waals surface area contributed by atoms with Gasteiger partial charge in [0.2, 0.25) is 0 Å². The molecule has 17 heavy (non-hydrogen) atoms. The molecule has 0 bridgehead atoms. The number of halogens is 1. The highest BCUT2D eigenvalue weighted by Crippen LogP contribution is 2.24. The average Bonchev–Trinajstić information content (AvgIpc) is 2.84. The van der Waals surface area contributed by atoms with E-state index in [0.29, 0.717) is 16.6 Å². The number of hydrogen-bond donors (Lipinski definition) is 1. The first-order valence-corrected chi connectivity index (χ1v) is 6.15. The highest BCUT2D eigenvalue weighted by Gasteiger charge is 2.24. The van der Waals surface area contributed by atoms with Gasteiger partial charge >= 0.3 is 0 Å². The number of carbonyl (C=O) groups excluding carboxylic acids is 1. The summed E-state index contributed by atoms with van der Waals surface area (Å²) in [7, 11) is 1.84. The minimum absolute atomic E-state index is 0.0358. The largest absolute Gasteiger partial charge is 0.382 e. The van der Waals surface area contributed by atoms with Crippen LogP contribution in [0.2, 0.25) is 5.02 Å². The normalized spacial score (nSPS) is 16.1. The van der Waals surface area contributed by atoms with E-state index in [9.17, 15) is 4.79 Å². The standard InChI is InChI=1S/C12H16ClN3O/c1-16(9-4-2-3-5-9)12(17)8-6-10(13)11(14)15-7-8/h6-7,9H,2-5H2,1H3,(H2,14,15). The molecule has 0 spiro atoms. The molecule has 0 saturated heterocycles. The van der Waals surface area contributed by atoms with Crippen molar-refractivity contribution >= 4 is 23.3 Å². The fraction of sp³-hybridized carbons (Fsp3) is 0.500. The predicted octanol–water partition coefficient (Wildman–Crippen LogP) is 2.33. The van der Waals surface area contributed by atoms with Crippen LogP contribution in [0, 0.1) is 0 Å². The van der Waals surface area contributed by atoms with Crippen molar-refractivity contribution in [2.75, 3.05) is 12.8 Å². The second kappa shape index (κ2) is 4.92. The minimum Gasteiger partial charge on any atom is -0.382 e. The molecule has 1 aromatic rings. The quantitative estimate of drug-likeness (QED) is 0.880. The Hall–Kier alpha value is -1.29. The first kappa shape index (κ1) is 12.2. The molecule has 0 unspecified atom stereocenters. The summed E-state index contributed by atoms with van der Waals surface area (Å²) in [5.74, 6) is 0.220. The zero-order valence-corrected chi connectivity index (χ0v) is 10.6. The first-order valence-electron chi connectivity index (χ1n) is 5.78. The molecule has 1 heterocycles. The van der Waals surface area contributed by atoms with Crippen molar-refractivity contribution in [3.05, 3.63) is 22.8 Å². The number of anilines is 1. The molecule has 0 aliphatic heterocycles. The van der Waals surface area contributed by atoms with Crippen LogP contribution >= 0.6 is 11.6 Å². The van der Waals surface area contributed by atoms with Crippen LogP contribution in [0.3, 0.4) is 0 Å². The number of rotatable bonds is 2. The molecular weight excluding hydrogens is 238 g/mol. The molecule has 4 nitrogen and oxygen atoms in total. The number of pyridine rings is 1. The number of nitrogens with two attached hydrogens (primary N) is 1. The molecule has 5 heteroatoms. The van der Waals surface area contributed by atoms with E-state index in [1.54, 1.807) is 11.0 Å². The van der Waals surface area contributed by atoms with Gasteiger partial charge in [0.15, 0.2) is 0 Å². The van der Waals surface area contributed by atoms with Gasteiger partial charge in [-0.2, -0.15) is 0 Å². The lowest BCUT2D eigenvalue weighted by molar-refractivity contribution is 0.0735. The van der Waals surface area contributed by atoms with Crippen molar-refractivity contribution in [2.24, 2.45) is 0 Å². The molecule has 1 amide bonds. The highest BCUT2D eigenvalue weighted by molar-refractivity contribution is 6.33. The number of hydrogen-bond acceptors (Lipinski definition) is 3. The Kier molecular flexibility index (Phi) is 3.52. The third-order valence-corrected chi connectivity index (χ3v) is 3.61. The van der Waals surface area contributed by atoms with E-state index in [1.807, 2.05) is 7.05 Å². The summed E-state index contributed by atoms with van der Waals surface area (Å²) in [6.07, 6.45) is 6.04.